The van der Waals surface area contributed by atoms with Crippen molar-refractivity contribution in [3.05, 3.63) is 18.2 Å². The molecule has 0 radical (unpaired) electrons. The second-order valence-corrected chi connectivity index (χ2v) is 4.53. The van der Waals surface area contributed by atoms with Crippen molar-refractivity contribution in [2.75, 3.05) is 12.8 Å². The Labute approximate surface area is 77.6 Å². The van der Waals surface area contributed by atoms with Gasteiger partial charge in [0.15, 0.2) is 0 Å². The Balaban J connectivity index is 3.39. The molecule has 0 spiro atoms. The molecule has 4 N–H and O–H groups in total. The van der Waals surface area contributed by atoms with Crippen LogP contribution in [0.2, 0.25) is 0 Å². The van der Waals surface area contributed by atoms with E-state index in [1.807, 2.05) is 0 Å². The molecule has 0 saturated carbocycles. The Morgan fingerprint density at radius 3 is 2.62 bits per heavy atom. The van der Waals surface area contributed by atoms with E-state index in [2.05, 4.69) is 5.87 Å². The Morgan fingerprint density at radius 2 is 2.15 bits per heavy atom. The molecule has 0 aliphatic carbocycles. The number of nitrogens with two attached hydrogens (primary N) is 2. The highest BCUT2D eigenvalue weighted by Crippen LogP contribution is 2.24. The fourth-order valence-corrected chi connectivity index (χ4v) is 1.75. The van der Waals surface area contributed by atoms with Gasteiger partial charge in [0.05, 0.1) is 21.7 Å². The van der Waals surface area contributed by atoms with Crippen LogP contribution in [0.5, 0.6) is 5.75 Å². The number of methoxy groups -OCH3 is 1. The van der Waals surface area contributed by atoms with Gasteiger partial charge in [-0.05, 0) is 18.0 Å². The fraction of sp³-hybridized carbons (Fsp3) is 0.125. The maximum absolute atomic E-state index is 11.4. The molecule has 5 heteroatoms. The minimum absolute atomic E-state index is 0.379. The normalized spacial score (nSPS) is 14.9. The van der Waals surface area contributed by atoms with Gasteiger partial charge in [0, 0.05) is 11.8 Å². The summed E-state index contributed by atoms with van der Waals surface area (Å²) < 4.78 is 16.4. The lowest BCUT2D eigenvalue weighted by atomic mass is 10.3. The van der Waals surface area contributed by atoms with E-state index in [1.165, 1.54) is 7.11 Å². The van der Waals surface area contributed by atoms with Crippen LogP contribution in [0.15, 0.2) is 23.1 Å². The second kappa shape index (κ2) is 3.27. The van der Waals surface area contributed by atoms with E-state index in [0.717, 1.165) is 0 Å². The van der Waals surface area contributed by atoms with Gasteiger partial charge in [-0.1, -0.05) is 0 Å². The number of nitrogen functional groups attached to an aromatic ring is 1. The number of benzene rings is 1. The van der Waals surface area contributed by atoms with Crippen LogP contribution in [0.1, 0.15) is 0 Å². The average Bonchev–Trinajstić information content (AvgIpc) is 2.01. The molecular weight excluding hydrogens is 188 g/mol. The quantitative estimate of drug-likeness (QED) is 0.529. The van der Waals surface area contributed by atoms with Gasteiger partial charge in [-0.2, -0.15) is 0 Å². The highest BCUT2D eigenvalue weighted by molar-refractivity contribution is 7.98. The van der Waals surface area contributed by atoms with E-state index in [4.69, 9.17) is 15.6 Å². The van der Waals surface area contributed by atoms with Crippen LogP contribution in [0.4, 0.5) is 5.69 Å². The third-order valence-electron chi connectivity index (χ3n) is 1.56. The molecule has 0 amide bonds. The van der Waals surface area contributed by atoms with E-state index in [0.29, 0.717) is 16.3 Å². The highest BCUT2D eigenvalue weighted by Gasteiger charge is 2.09. The molecule has 1 rings (SSSR count). The Bertz CT molecular complexity index is 412. The van der Waals surface area contributed by atoms with Crippen LogP contribution in [-0.2, 0) is 9.71 Å². The molecule has 1 atom stereocenters. The van der Waals surface area contributed by atoms with Gasteiger partial charge in [-0.25, -0.2) is 4.21 Å². The maximum atomic E-state index is 11.4. The molecule has 0 bridgehead atoms. The highest BCUT2D eigenvalue weighted by atomic mass is 32.2. The van der Waals surface area contributed by atoms with Crippen molar-refractivity contribution in [3.63, 3.8) is 0 Å². The summed E-state index contributed by atoms with van der Waals surface area (Å²) in [6, 6.07) is 4.73. The van der Waals surface area contributed by atoms with Crippen LogP contribution >= 0.6 is 0 Å². The topological polar surface area (TPSA) is 78.3 Å². The van der Waals surface area contributed by atoms with Crippen molar-refractivity contribution < 1.29 is 8.95 Å². The number of anilines is 1. The molecule has 13 heavy (non-hydrogen) atoms. The van der Waals surface area contributed by atoms with Gasteiger partial charge in [0.25, 0.3) is 0 Å². The molecule has 0 fully saturated rings. The molecule has 4 nitrogen and oxygen atoms in total. The first kappa shape index (κ1) is 9.88. The second-order valence-electron chi connectivity index (χ2n) is 2.64. The molecule has 1 unspecified atom stereocenters. The zero-order valence-electron chi connectivity index (χ0n) is 7.32. The summed E-state index contributed by atoms with van der Waals surface area (Å²) in [6.07, 6.45) is 0. The van der Waals surface area contributed by atoms with Crippen LogP contribution in [0.25, 0.3) is 0 Å². The third-order valence-corrected chi connectivity index (χ3v) is 2.64. The summed E-state index contributed by atoms with van der Waals surface area (Å²) in [4.78, 5) is 0.379. The van der Waals surface area contributed by atoms with Gasteiger partial charge >= 0.3 is 0 Å². The lowest BCUT2D eigenvalue weighted by molar-refractivity contribution is 0.404. The van der Waals surface area contributed by atoms with Crippen molar-refractivity contribution in [1.29, 1.82) is 0 Å². The minimum atomic E-state index is -2.74. The zero-order valence-corrected chi connectivity index (χ0v) is 8.14. The molecule has 0 aromatic heterocycles. The first-order chi connectivity index (χ1) is 5.95. The Morgan fingerprint density at radius 1 is 1.54 bits per heavy atom. The van der Waals surface area contributed by atoms with Crippen molar-refractivity contribution in [2.45, 2.75) is 4.90 Å². The first-order valence-electron chi connectivity index (χ1n) is 3.53. The van der Waals surface area contributed by atoms with Crippen molar-refractivity contribution in [2.24, 2.45) is 5.14 Å². The fourth-order valence-electron chi connectivity index (χ4n) is 0.970. The molecule has 0 aliphatic heterocycles. The van der Waals surface area contributed by atoms with E-state index in [-0.39, 0.29) is 0 Å². The van der Waals surface area contributed by atoms with E-state index in [1.54, 1.807) is 18.2 Å². The van der Waals surface area contributed by atoms with Gasteiger partial charge < -0.3 is 10.5 Å². The van der Waals surface area contributed by atoms with Crippen LogP contribution in [-0.4, -0.2) is 17.2 Å². The SMILES string of the molecule is C=S(N)(=O)c1ccc(N)cc1OC. The molecule has 0 aliphatic rings. The van der Waals surface area contributed by atoms with Crippen molar-refractivity contribution in [1.82, 2.24) is 0 Å². The molecule has 0 heterocycles. The molecule has 1 aromatic rings. The number of ether oxygens (including phenoxy) is 1. The Kier molecular flexibility index (Phi) is 2.49. The summed E-state index contributed by atoms with van der Waals surface area (Å²) in [6.45, 7) is 0. The monoisotopic (exact) mass is 200 g/mol. The summed E-state index contributed by atoms with van der Waals surface area (Å²) in [5.41, 5.74) is 6.04. The molecule has 72 valence electrons. The van der Waals surface area contributed by atoms with E-state index >= 15 is 0 Å². The average molecular weight is 200 g/mol. The summed E-state index contributed by atoms with van der Waals surface area (Å²) >= 11 is 0. The van der Waals surface area contributed by atoms with E-state index in [9.17, 15) is 4.21 Å². The molecular formula is C8H12N2O2S. The lowest BCUT2D eigenvalue weighted by Gasteiger charge is -2.09. The standard InChI is InChI=1S/C8H12N2O2S/c1-12-7-5-6(9)3-4-8(7)13(2,10)11/h3-5H,2,9H2,1H3,(H2,10,11). The smallest absolute Gasteiger partial charge is 0.137 e. The molecule has 0 saturated heterocycles. The third kappa shape index (κ3) is 2.13. The number of hydrogen-bond acceptors (Lipinski definition) is 3. The van der Waals surface area contributed by atoms with Gasteiger partial charge in [0.1, 0.15) is 5.75 Å². The number of hydrogen-bond donors (Lipinski definition) is 2. The maximum Gasteiger partial charge on any atom is 0.137 e. The summed E-state index contributed by atoms with van der Waals surface area (Å²) in [5, 5.41) is 5.38. The number of rotatable bonds is 2. The zero-order chi connectivity index (χ0) is 10.1. The van der Waals surface area contributed by atoms with Gasteiger partial charge in [-0.15, -0.1) is 0 Å². The largest absolute Gasteiger partial charge is 0.495 e. The van der Waals surface area contributed by atoms with Crippen LogP contribution < -0.4 is 15.6 Å². The lowest BCUT2D eigenvalue weighted by Crippen LogP contribution is -2.13. The van der Waals surface area contributed by atoms with Crippen molar-refractivity contribution >= 4 is 21.3 Å². The van der Waals surface area contributed by atoms with Gasteiger partial charge in [-0.3, -0.25) is 5.14 Å². The van der Waals surface area contributed by atoms with E-state index < -0.39 is 9.71 Å². The molecule has 1 aromatic carbocycles. The predicted molar refractivity (Wildman–Crippen MR) is 55.1 cm³/mol. The summed E-state index contributed by atoms with van der Waals surface area (Å²) in [5.74, 6) is 3.77. The predicted octanol–water partition coefficient (Wildman–Crippen LogP) is 0.226. The summed E-state index contributed by atoms with van der Waals surface area (Å²) in [7, 11) is -1.28. The van der Waals surface area contributed by atoms with Crippen molar-refractivity contribution in [3.8, 4) is 5.75 Å². The van der Waals surface area contributed by atoms with Crippen LogP contribution in [0, 0.1) is 0 Å². The van der Waals surface area contributed by atoms with Gasteiger partial charge in [0.2, 0.25) is 0 Å². The van der Waals surface area contributed by atoms with Crippen LogP contribution in [0.3, 0.4) is 0 Å². The minimum Gasteiger partial charge on any atom is -0.495 e. The Hall–Kier alpha value is -1.20. The first-order valence-corrected chi connectivity index (χ1v) is 5.32.